The Morgan fingerprint density at radius 1 is 1.00 bits per heavy atom. The standard InChI is InChI=1S/C16H13ClF3NO/c17-14-7-1-11(2-8-14)9-10-21-15(22)12-3-5-13(6-4-12)16(18,19)20/h1-8H,9-10H2,(H,21,22). The minimum absolute atomic E-state index is 0.198. The van der Waals surface area contributed by atoms with Crippen molar-refractivity contribution >= 4 is 17.5 Å². The van der Waals surface area contributed by atoms with E-state index in [2.05, 4.69) is 5.32 Å². The van der Waals surface area contributed by atoms with E-state index in [9.17, 15) is 18.0 Å². The monoisotopic (exact) mass is 327 g/mol. The molecule has 0 aliphatic heterocycles. The average molecular weight is 328 g/mol. The normalized spacial score (nSPS) is 11.3. The molecule has 0 saturated carbocycles. The van der Waals surface area contributed by atoms with Crippen molar-refractivity contribution in [1.29, 1.82) is 0 Å². The van der Waals surface area contributed by atoms with Crippen LogP contribution in [0.4, 0.5) is 13.2 Å². The average Bonchev–Trinajstić information content (AvgIpc) is 2.48. The summed E-state index contributed by atoms with van der Waals surface area (Å²) >= 11 is 5.77. The number of nitrogens with one attached hydrogen (secondary N) is 1. The third-order valence-corrected chi connectivity index (χ3v) is 3.34. The lowest BCUT2D eigenvalue weighted by molar-refractivity contribution is -0.137. The molecule has 0 aliphatic rings. The highest BCUT2D eigenvalue weighted by Crippen LogP contribution is 2.29. The molecule has 1 N–H and O–H groups in total. The van der Waals surface area contributed by atoms with E-state index < -0.39 is 17.6 Å². The predicted octanol–water partition coefficient (Wildman–Crippen LogP) is 4.33. The minimum Gasteiger partial charge on any atom is -0.352 e. The molecule has 6 heteroatoms. The number of halogens is 4. The van der Waals surface area contributed by atoms with Gasteiger partial charge in [0.15, 0.2) is 0 Å². The summed E-state index contributed by atoms with van der Waals surface area (Å²) in [6, 6.07) is 11.4. The molecule has 2 aromatic carbocycles. The molecule has 0 radical (unpaired) electrons. The van der Waals surface area contributed by atoms with Crippen LogP contribution < -0.4 is 5.32 Å². The highest BCUT2D eigenvalue weighted by Gasteiger charge is 2.30. The van der Waals surface area contributed by atoms with E-state index in [-0.39, 0.29) is 5.56 Å². The van der Waals surface area contributed by atoms with Crippen molar-refractivity contribution < 1.29 is 18.0 Å². The second-order valence-electron chi connectivity index (χ2n) is 4.71. The van der Waals surface area contributed by atoms with Gasteiger partial charge in [-0.15, -0.1) is 0 Å². The number of benzene rings is 2. The van der Waals surface area contributed by atoms with Crippen molar-refractivity contribution in [3.63, 3.8) is 0 Å². The summed E-state index contributed by atoms with van der Waals surface area (Å²) in [7, 11) is 0. The second kappa shape index (κ2) is 6.83. The number of carbonyl (C=O) groups is 1. The molecule has 1 amide bonds. The zero-order valence-corrected chi connectivity index (χ0v) is 12.2. The number of amides is 1. The van der Waals surface area contributed by atoms with E-state index in [1.165, 1.54) is 12.1 Å². The van der Waals surface area contributed by atoms with E-state index in [0.717, 1.165) is 17.7 Å². The third-order valence-electron chi connectivity index (χ3n) is 3.09. The molecular weight excluding hydrogens is 315 g/mol. The Bertz CT molecular complexity index is 636. The van der Waals surface area contributed by atoms with Crippen LogP contribution in [0.25, 0.3) is 0 Å². The SMILES string of the molecule is O=C(NCCc1ccc(Cl)cc1)c1ccc(C(F)(F)F)cc1. The van der Waals surface area contributed by atoms with Crippen LogP contribution in [-0.4, -0.2) is 12.5 Å². The second-order valence-corrected chi connectivity index (χ2v) is 5.14. The predicted molar refractivity (Wildman–Crippen MR) is 78.9 cm³/mol. The zero-order chi connectivity index (χ0) is 16.2. The Morgan fingerprint density at radius 2 is 1.59 bits per heavy atom. The van der Waals surface area contributed by atoms with Crippen LogP contribution in [0.15, 0.2) is 48.5 Å². The molecule has 0 heterocycles. The first-order valence-corrected chi connectivity index (χ1v) is 6.94. The Kier molecular flexibility index (Phi) is 5.08. The molecule has 0 aliphatic carbocycles. The van der Waals surface area contributed by atoms with Crippen LogP contribution in [-0.2, 0) is 12.6 Å². The molecule has 0 aromatic heterocycles. The van der Waals surface area contributed by atoms with Crippen LogP contribution in [0.5, 0.6) is 0 Å². The van der Waals surface area contributed by atoms with Crippen molar-refractivity contribution in [2.24, 2.45) is 0 Å². The molecule has 0 bridgehead atoms. The first kappa shape index (κ1) is 16.4. The van der Waals surface area contributed by atoms with Crippen LogP contribution in [0.3, 0.4) is 0 Å². The Morgan fingerprint density at radius 3 is 2.14 bits per heavy atom. The van der Waals surface area contributed by atoms with E-state index in [0.29, 0.717) is 18.0 Å². The maximum atomic E-state index is 12.4. The number of hydrogen-bond donors (Lipinski definition) is 1. The smallest absolute Gasteiger partial charge is 0.352 e. The van der Waals surface area contributed by atoms with Gasteiger partial charge in [0.1, 0.15) is 0 Å². The van der Waals surface area contributed by atoms with Gasteiger partial charge in [-0.05, 0) is 48.4 Å². The molecule has 22 heavy (non-hydrogen) atoms. The quantitative estimate of drug-likeness (QED) is 0.889. The zero-order valence-electron chi connectivity index (χ0n) is 11.5. The maximum absolute atomic E-state index is 12.4. The Balaban J connectivity index is 1.88. The lowest BCUT2D eigenvalue weighted by Crippen LogP contribution is -2.25. The molecule has 0 unspecified atom stereocenters. The van der Waals surface area contributed by atoms with Gasteiger partial charge < -0.3 is 5.32 Å². The largest absolute Gasteiger partial charge is 0.416 e. The fraction of sp³-hybridized carbons (Fsp3) is 0.188. The van der Waals surface area contributed by atoms with Gasteiger partial charge >= 0.3 is 6.18 Å². The lowest BCUT2D eigenvalue weighted by Gasteiger charge is -2.08. The molecule has 2 nitrogen and oxygen atoms in total. The van der Waals surface area contributed by atoms with Crippen LogP contribution >= 0.6 is 11.6 Å². The summed E-state index contributed by atoms with van der Waals surface area (Å²) in [6.45, 7) is 0.390. The maximum Gasteiger partial charge on any atom is 0.416 e. The van der Waals surface area contributed by atoms with Crippen LogP contribution in [0.2, 0.25) is 5.02 Å². The van der Waals surface area contributed by atoms with Crippen molar-refractivity contribution in [2.45, 2.75) is 12.6 Å². The summed E-state index contributed by atoms with van der Waals surface area (Å²) in [5, 5.41) is 3.30. The van der Waals surface area contributed by atoms with Crippen LogP contribution in [0, 0.1) is 0 Å². The molecule has 0 spiro atoms. The van der Waals surface area contributed by atoms with E-state index in [1.54, 1.807) is 12.1 Å². The Labute approximate surface area is 130 Å². The highest BCUT2D eigenvalue weighted by atomic mass is 35.5. The van der Waals surface area contributed by atoms with Gasteiger partial charge in [-0.1, -0.05) is 23.7 Å². The van der Waals surface area contributed by atoms with Gasteiger partial charge in [-0.3, -0.25) is 4.79 Å². The van der Waals surface area contributed by atoms with E-state index in [4.69, 9.17) is 11.6 Å². The fourth-order valence-electron chi connectivity index (χ4n) is 1.88. The first-order valence-electron chi connectivity index (χ1n) is 6.56. The molecule has 0 saturated heterocycles. The summed E-state index contributed by atoms with van der Waals surface area (Å²) in [6.07, 6.45) is -3.78. The highest BCUT2D eigenvalue weighted by molar-refractivity contribution is 6.30. The number of carbonyl (C=O) groups excluding carboxylic acids is 1. The molecular formula is C16H13ClF3NO. The van der Waals surface area contributed by atoms with Gasteiger partial charge in [-0.25, -0.2) is 0 Å². The minimum atomic E-state index is -4.40. The summed E-state index contributed by atoms with van der Waals surface area (Å²) in [5.41, 5.74) is 0.437. The number of rotatable bonds is 4. The van der Waals surface area contributed by atoms with Gasteiger partial charge in [0.25, 0.3) is 5.91 Å². The van der Waals surface area contributed by atoms with Gasteiger partial charge in [0.2, 0.25) is 0 Å². The number of hydrogen-bond acceptors (Lipinski definition) is 1. The fourth-order valence-corrected chi connectivity index (χ4v) is 2.01. The molecule has 2 aromatic rings. The van der Waals surface area contributed by atoms with Crippen LogP contribution in [0.1, 0.15) is 21.5 Å². The summed E-state index contributed by atoms with van der Waals surface area (Å²) < 4.78 is 37.3. The van der Waals surface area contributed by atoms with E-state index >= 15 is 0 Å². The van der Waals surface area contributed by atoms with Crippen molar-refractivity contribution in [2.75, 3.05) is 6.54 Å². The molecule has 116 valence electrons. The van der Waals surface area contributed by atoms with Gasteiger partial charge in [0, 0.05) is 17.1 Å². The van der Waals surface area contributed by atoms with Crippen molar-refractivity contribution in [3.05, 3.63) is 70.2 Å². The topological polar surface area (TPSA) is 29.1 Å². The Hall–Kier alpha value is -2.01. The van der Waals surface area contributed by atoms with Crippen molar-refractivity contribution in [3.8, 4) is 0 Å². The van der Waals surface area contributed by atoms with Gasteiger partial charge in [-0.2, -0.15) is 13.2 Å². The summed E-state index contributed by atoms with van der Waals surface area (Å²) in [5.74, 6) is -0.400. The van der Waals surface area contributed by atoms with Gasteiger partial charge in [0.05, 0.1) is 5.56 Å². The molecule has 2 rings (SSSR count). The first-order chi connectivity index (χ1) is 10.4. The lowest BCUT2D eigenvalue weighted by atomic mass is 10.1. The number of alkyl halides is 3. The van der Waals surface area contributed by atoms with Crippen molar-refractivity contribution in [1.82, 2.24) is 5.32 Å². The molecule has 0 atom stereocenters. The third kappa shape index (κ3) is 4.49. The molecule has 0 fully saturated rings. The van der Waals surface area contributed by atoms with E-state index in [1.807, 2.05) is 12.1 Å². The summed E-state index contributed by atoms with van der Waals surface area (Å²) in [4.78, 5) is 11.8.